The predicted molar refractivity (Wildman–Crippen MR) is 78.2 cm³/mol. The summed E-state index contributed by atoms with van der Waals surface area (Å²) < 4.78 is 0. The van der Waals surface area contributed by atoms with Crippen molar-refractivity contribution in [3.05, 3.63) is 29.3 Å². The van der Waals surface area contributed by atoms with Gasteiger partial charge >= 0.3 is 0 Å². The van der Waals surface area contributed by atoms with Gasteiger partial charge in [-0.1, -0.05) is 43.4 Å². The van der Waals surface area contributed by atoms with E-state index in [1.54, 1.807) is 0 Å². The molecule has 1 aromatic carbocycles. The van der Waals surface area contributed by atoms with Crippen LogP contribution in [-0.4, -0.2) is 6.04 Å². The van der Waals surface area contributed by atoms with Crippen molar-refractivity contribution in [3.63, 3.8) is 0 Å². The molecule has 0 spiro atoms. The summed E-state index contributed by atoms with van der Waals surface area (Å²) in [4.78, 5) is 0. The molecular formula is C16H22ClN. The minimum Gasteiger partial charge on any atom is -0.382 e. The number of benzene rings is 1. The van der Waals surface area contributed by atoms with E-state index in [-0.39, 0.29) is 0 Å². The molecule has 0 bridgehead atoms. The third kappa shape index (κ3) is 2.83. The van der Waals surface area contributed by atoms with Crippen LogP contribution in [0.25, 0.3) is 0 Å². The number of anilines is 1. The molecule has 0 aromatic heterocycles. The van der Waals surface area contributed by atoms with E-state index in [2.05, 4.69) is 11.4 Å². The Morgan fingerprint density at radius 3 is 2.67 bits per heavy atom. The summed E-state index contributed by atoms with van der Waals surface area (Å²) in [7, 11) is 0. The molecule has 2 aliphatic carbocycles. The first-order valence-electron chi connectivity index (χ1n) is 7.33. The van der Waals surface area contributed by atoms with E-state index in [1.807, 2.05) is 18.2 Å². The molecule has 98 valence electrons. The molecule has 3 unspecified atom stereocenters. The summed E-state index contributed by atoms with van der Waals surface area (Å²) in [5.41, 5.74) is 1.18. The molecule has 2 fully saturated rings. The molecule has 1 N–H and O–H groups in total. The molecule has 0 saturated heterocycles. The number of hydrogen-bond acceptors (Lipinski definition) is 1. The highest BCUT2D eigenvalue weighted by molar-refractivity contribution is 6.30. The Morgan fingerprint density at radius 1 is 1.00 bits per heavy atom. The van der Waals surface area contributed by atoms with Crippen LogP contribution in [0.4, 0.5) is 5.69 Å². The van der Waals surface area contributed by atoms with E-state index in [0.717, 1.165) is 16.9 Å². The average molecular weight is 264 g/mol. The van der Waals surface area contributed by atoms with Gasteiger partial charge in [-0.05, 0) is 49.3 Å². The highest BCUT2D eigenvalue weighted by atomic mass is 35.5. The van der Waals surface area contributed by atoms with E-state index in [9.17, 15) is 0 Å². The zero-order chi connectivity index (χ0) is 12.4. The van der Waals surface area contributed by atoms with Gasteiger partial charge in [-0.2, -0.15) is 0 Å². The highest BCUT2D eigenvalue weighted by Crippen LogP contribution is 2.41. The number of nitrogens with one attached hydrogen (secondary N) is 1. The van der Waals surface area contributed by atoms with E-state index in [0.29, 0.717) is 6.04 Å². The maximum Gasteiger partial charge on any atom is 0.0426 e. The van der Waals surface area contributed by atoms with Crippen molar-refractivity contribution >= 4 is 17.3 Å². The van der Waals surface area contributed by atoms with Crippen LogP contribution in [0, 0.1) is 11.8 Å². The first-order chi connectivity index (χ1) is 8.81. The van der Waals surface area contributed by atoms with Crippen LogP contribution in [0.5, 0.6) is 0 Å². The summed E-state index contributed by atoms with van der Waals surface area (Å²) in [5.74, 6) is 2.00. The van der Waals surface area contributed by atoms with Crippen molar-refractivity contribution in [2.24, 2.45) is 11.8 Å². The maximum absolute atomic E-state index is 6.03. The van der Waals surface area contributed by atoms with Crippen molar-refractivity contribution in [1.82, 2.24) is 0 Å². The Morgan fingerprint density at radius 2 is 1.83 bits per heavy atom. The third-order valence-electron chi connectivity index (χ3n) is 4.74. The molecule has 1 nitrogen and oxygen atoms in total. The van der Waals surface area contributed by atoms with Crippen LogP contribution in [0.15, 0.2) is 24.3 Å². The van der Waals surface area contributed by atoms with E-state index >= 15 is 0 Å². The molecule has 2 aliphatic rings. The van der Waals surface area contributed by atoms with Gasteiger partial charge in [0.15, 0.2) is 0 Å². The van der Waals surface area contributed by atoms with E-state index < -0.39 is 0 Å². The lowest BCUT2D eigenvalue weighted by atomic mass is 9.69. The molecule has 18 heavy (non-hydrogen) atoms. The Balaban J connectivity index is 1.61. The normalized spacial score (nSPS) is 31.7. The van der Waals surface area contributed by atoms with Crippen LogP contribution < -0.4 is 5.32 Å². The molecule has 0 amide bonds. The van der Waals surface area contributed by atoms with Crippen molar-refractivity contribution in [2.75, 3.05) is 5.32 Å². The lowest BCUT2D eigenvalue weighted by molar-refractivity contribution is 0.162. The monoisotopic (exact) mass is 263 g/mol. The lowest BCUT2D eigenvalue weighted by Crippen LogP contribution is -2.34. The van der Waals surface area contributed by atoms with Gasteiger partial charge in [-0.25, -0.2) is 0 Å². The van der Waals surface area contributed by atoms with Crippen molar-refractivity contribution in [1.29, 1.82) is 0 Å². The SMILES string of the molecule is Clc1cccc(NC2CCC3CCCCC3C2)c1. The molecule has 2 heteroatoms. The second kappa shape index (κ2) is 5.52. The van der Waals surface area contributed by atoms with Crippen molar-refractivity contribution in [3.8, 4) is 0 Å². The number of rotatable bonds is 2. The number of hydrogen-bond donors (Lipinski definition) is 1. The van der Waals surface area contributed by atoms with Crippen LogP contribution >= 0.6 is 11.6 Å². The van der Waals surface area contributed by atoms with Gasteiger partial charge in [0.2, 0.25) is 0 Å². The largest absolute Gasteiger partial charge is 0.382 e. The fourth-order valence-corrected chi connectivity index (χ4v) is 4.01. The molecule has 2 saturated carbocycles. The van der Waals surface area contributed by atoms with Gasteiger partial charge in [0.25, 0.3) is 0 Å². The van der Waals surface area contributed by atoms with Crippen molar-refractivity contribution < 1.29 is 0 Å². The van der Waals surface area contributed by atoms with Crippen LogP contribution in [-0.2, 0) is 0 Å². The minimum absolute atomic E-state index is 0.655. The summed E-state index contributed by atoms with van der Waals surface area (Å²) >= 11 is 6.03. The molecular weight excluding hydrogens is 242 g/mol. The average Bonchev–Trinajstić information content (AvgIpc) is 2.39. The standard InChI is InChI=1S/C16H22ClN/c17-14-6-3-7-15(11-14)18-16-9-8-12-4-1-2-5-13(12)10-16/h3,6-7,11-13,16,18H,1-2,4-5,8-10H2. The summed E-state index contributed by atoms with van der Waals surface area (Å²) in [6, 6.07) is 8.78. The highest BCUT2D eigenvalue weighted by Gasteiger charge is 2.31. The molecule has 0 radical (unpaired) electrons. The summed E-state index contributed by atoms with van der Waals surface area (Å²) in [5, 5.41) is 4.50. The van der Waals surface area contributed by atoms with Gasteiger partial charge in [0, 0.05) is 16.8 Å². The van der Waals surface area contributed by atoms with Crippen molar-refractivity contribution in [2.45, 2.75) is 51.0 Å². The Bertz CT molecular complexity index is 404. The molecule has 3 rings (SSSR count). The van der Waals surface area contributed by atoms with Gasteiger partial charge < -0.3 is 5.32 Å². The molecule has 0 heterocycles. The van der Waals surface area contributed by atoms with Crippen LogP contribution in [0.2, 0.25) is 5.02 Å². The predicted octanol–water partition coefficient (Wildman–Crippen LogP) is 5.11. The van der Waals surface area contributed by atoms with Crippen LogP contribution in [0.1, 0.15) is 44.9 Å². The Labute approximate surface area is 115 Å². The third-order valence-corrected chi connectivity index (χ3v) is 4.97. The van der Waals surface area contributed by atoms with Gasteiger partial charge in [0.05, 0.1) is 0 Å². The quantitative estimate of drug-likeness (QED) is 0.782. The lowest BCUT2D eigenvalue weighted by Gasteiger charge is -2.39. The summed E-state index contributed by atoms with van der Waals surface area (Å²) in [6.07, 6.45) is 9.96. The summed E-state index contributed by atoms with van der Waals surface area (Å²) in [6.45, 7) is 0. The second-order valence-corrected chi connectivity index (χ2v) is 6.41. The van der Waals surface area contributed by atoms with E-state index in [4.69, 9.17) is 11.6 Å². The minimum atomic E-state index is 0.655. The fourth-order valence-electron chi connectivity index (χ4n) is 3.82. The maximum atomic E-state index is 6.03. The topological polar surface area (TPSA) is 12.0 Å². The van der Waals surface area contributed by atoms with Gasteiger partial charge in [0.1, 0.15) is 0 Å². The zero-order valence-electron chi connectivity index (χ0n) is 10.9. The molecule has 0 aliphatic heterocycles. The Kier molecular flexibility index (Phi) is 3.79. The van der Waals surface area contributed by atoms with Gasteiger partial charge in [-0.3, -0.25) is 0 Å². The zero-order valence-corrected chi connectivity index (χ0v) is 11.6. The first-order valence-corrected chi connectivity index (χ1v) is 7.71. The number of halogens is 1. The van der Waals surface area contributed by atoms with Crippen LogP contribution in [0.3, 0.4) is 0 Å². The smallest absolute Gasteiger partial charge is 0.0426 e. The number of fused-ring (bicyclic) bond motifs is 1. The second-order valence-electron chi connectivity index (χ2n) is 5.97. The Hall–Kier alpha value is -0.690. The molecule has 1 aromatic rings. The fraction of sp³-hybridized carbons (Fsp3) is 0.625. The van der Waals surface area contributed by atoms with E-state index in [1.165, 1.54) is 50.6 Å². The molecule has 3 atom stereocenters. The first kappa shape index (κ1) is 12.3. The van der Waals surface area contributed by atoms with Gasteiger partial charge in [-0.15, -0.1) is 0 Å².